The van der Waals surface area contributed by atoms with Crippen LogP contribution >= 0.6 is 15.6 Å². The zero-order valence-corrected chi connectivity index (χ0v) is 57.0. The van der Waals surface area contributed by atoms with E-state index in [0.717, 1.165) is 120 Å². The molecule has 0 aromatic carbocycles. The average molecular weight is 1260 g/mol. The summed E-state index contributed by atoms with van der Waals surface area (Å²) in [4.78, 5) is 72.3. The molecule has 0 aromatic heterocycles. The zero-order chi connectivity index (χ0) is 63.2. The summed E-state index contributed by atoms with van der Waals surface area (Å²) in [5.74, 6) is 0.812. The van der Waals surface area contributed by atoms with Gasteiger partial charge in [0, 0.05) is 25.7 Å². The molecule has 5 unspecified atom stereocenters. The van der Waals surface area contributed by atoms with Gasteiger partial charge in [0.1, 0.15) is 19.3 Å². The lowest BCUT2D eigenvalue weighted by Crippen LogP contribution is -2.30. The van der Waals surface area contributed by atoms with E-state index in [1.54, 1.807) is 0 Å². The van der Waals surface area contributed by atoms with Crippen LogP contribution in [0.4, 0.5) is 0 Å². The molecule has 504 valence electrons. The Kier molecular flexibility index (Phi) is 54.8. The fourth-order valence-electron chi connectivity index (χ4n) is 9.69. The third-order valence-electron chi connectivity index (χ3n) is 16.2. The molecular weight excluding hydrogens is 1130 g/mol. The molecule has 17 nitrogen and oxygen atoms in total. The van der Waals surface area contributed by atoms with Crippen molar-refractivity contribution in [3.63, 3.8) is 0 Å². The molecule has 0 bridgehead atoms. The van der Waals surface area contributed by atoms with Gasteiger partial charge in [-0.05, 0) is 49.4 Å². The van der Waals surface area contributed by atoms with Gasteiger partial charge in [0.2, 0.25) is 0 Å². The Morgan fingerprint density at radius 1 is 0.329 bits per heavy atom. The molecule has 3 N–H and O–H groups in total. The number of rotatable bonds is 63. The topological polar surface area (TPSA) is 237 Å². The van der Waals surface area contributed by atoms with Gasteiger partial charge in [0.05, 0.1) is 26.4 Å². The van der Waals surface area contributed by atoms with Gasteiger partial charge in [-0.1, -0.05) is 267 Å². The molecule has 0 rings (SSSR count). The monoisotopic (exact) mass is 1250 g/mol. The van der Waals surface area contributed by atoms with E-state index in [-0.39, 0.29) is 25.7 Å². The fraction of sp³-hybridized carbons (Fsp3) is 0.939. The van der Waals surface area contributed by atoms with Gasteiger partial charge < -0.3 is 33.8 Å². The molecule has 0 fully saturated rings. The van der Waals surface area contributed by atoms with E-state index in [4.69, 9.17) is 37.0 Å². The van der Waals surface area contributed by atoms with E-state index >= 15 is 0 Å². The van der Waals surface area contributed by atoms with Crippen LogP contribution in [0.15, 0.2) is 0 Å². The molecule has 0 aromatic rings. The van der Waals surface area contributed by atoms with Crippen molar-refractivity contribution in [2.45, 2.75) is 337 Å². The SMILES string of the molecule is CCC(C)CCCCCCCCC(=O)OC[C@H](COP(=O)(O)OC[C@H](O)COP(=O)(O)OC[C@@H](COC(=O)CCCCCCCCCCCCCCC(C)C)OC(=O)CCCCCCCCC(C)CC)OC(=O)CCCCCCCCC(C)CC. The smallest absolute Gasteiger partial charge is 0.462 e. The Balaban J connectivity index is 5.24. The molecule has 0 aliphatic rings. The Morgan fingerprint density at radius 2 is 0.565 bits per heavy atom. The lowest BCUT2D eigenvalue weighted by Gasteiger charge is -2.21. The quantitative estimate of drug-likeness (QED) is 0.0222. The lowest BCUT2D eigenvalue weighted by molar-refractivity contribution is -0.161. The molecule has 85 heavy (non-hydrogen) atoms. The highest BCUT2D eigenvalue weighted by Crippen LogP contribution is 2.45. The Hall–Kier alpha value is -1.94. The van der Waals surface area contributed by atoms with Crippen LogP contribution in [0, 0.1) is 23.7 Å². The number of aliphatic hydroxyl groups is 1. The van der Waals surface area contributed by atoms with Gasteiger partial charge in [-0.2, -0.15) is 0 Å². The molecule has 8 atom stereocenters. The van der Waals surface area contributed by atoms with Crippen LogP contribution in [0.2, 0.25) is 0 Å². The summed E-state index contributed by atoms with van der Waals surface area (Å²) in [5.41, 5.74) is 0. The number of unbranched alkanes of at least 4 members (excludes halogenated alkanes) is 26. The van der Waals surface area contributed by atoms with Crippen LogP contribution in [0.5, 0.6) is 0 Å². The first-order valence-corrected chi connectivity index (χ1v) is 37.3. The Bertz CT molecular complexity index is 1700. The number of esters is 4. The third-order valence-corrected chi connectivity index (χ3v) is 18.1. The van der Waals surface area contributed by atoms with Crippen LogP contribution in [-0.2, 0) is 65.4 Å². The van der Waals surface area contributed by atoms with Crippen molar-refractivity contribution < 1.29 is 80.2 Å². The van der Waals surface area contributed by atoms with Crippen molar-refractivity contribution in [3.05, 3.63) is 0 Å². The molecule has 0 aliphatic carbocycles. The van der Waals surface area contributed by atoms with E-state index < -0.39 is 97.5 Å². The molecule has 0 heterocycles. The summed E-state index contributed by atoms with van der Waals surface area (Å²) in [6.07, 6.45) is 36.3. The zero-order valence-electron chi connectivity index (χ0n) is 55.2. The van der Waals surface area contributed by atoms with Crippen molar-refractivity contribution in [2.24, 2.45) is 23.7 Å². The van der Waals surface area contributed by atoms with Gasteiger partial charge in [-0.25, -0.2) is 9.13 Å². The first-order chi connectivity index (χ1) is 40.7. The number of phosphoric acid groups is 2. The summed E-state index contributed by atoms with van der Waals surface area (Å²) in [6.45, 7) is 14.0. The van der Waals surface area contributed by atoms with E-state index in [1.165, 1.54) is 116 Å². The van der Waals surface area contributed by atoms with Gasteiger partial charge in [-0.3, -0.25) is 37.3 Å². The van der Waals surface area contributed by atoms with Crippen molar-refractivity contribution >= 4 is 39.5 Å². The largest absolute Gasteiger partial charge is 0.472 e. The fourth-order valence-corrected chi connectivity index (χ4v) is 11.3. The molecule has 0 aliphatic heterocycles. The van der Waals surface area contributed by atoms with Crippen molar-refractivity contribution in [1.29, 1.82) is 0 Å². The third kappa shape index (κ3) is 57.0. The summed E-state index contributed by atoms with van der Waals surface area (Å²) in [7, 11) is -9.89. The number of carbonyl (C=O) groups is 4. The molecule has 0 spiro atoms. The molecule has 0 saturated heterocycles. The number of hydrogen-bond acceptors (Lipinski definition) is 15. The van der Waals surface area contributed by atoms with Crippen LogP contribution in [0.25, 0.3) is 0 Å². The Labute approximate surface area is 517 Å². The minimum Gasteiger partial charge on any atom is -0.462 e. The average Bonchev–Trinajstić information content (AvgIpc) is 3.62. The second-order valence-electron chi connectivity index (χ2n) is 25.1. The van der Waals surface area contributed by atoms with E-state index in [0.29, 0.717) is 25.7 Å². The van der Waals surface area contributed by atoms with E-state index in [2.05, 4.69) is 55.4 Å². The minimum atomic E-state index is -4.95. The van der Waals surface area contributed by atoms with Crippen molar-refractivity contribution in [1.82, 2.24) is 0 Å². The van der Waals surface area contributed by atoms with Crippen LogP contribution in [0.3, 0.4) is 0 Å². The molecular formula is C66H128O17P2. The first kappa shape index (κ1) is 83.1. The highest BCUT2D eigenvalue weighted by molar-refractivity contribution is 7.47. The predicted molar refractivity (Wildman–Crippen MR) is 340 cm³/mol. The van der Waals surface area contributed by atoms with Crippen LogP contribution in [-0.4, -0.2) is 96.7 Å². The predicted octanol–water partition coefficient (Wildman–Crippen LogP) is 18.1. The number of ether oxygens (including phenoxy) is 4. The summed E-state index contributed by atoms with van der Waals surface area (Å²) in [6, 6.07) is 0. The van der Waals surface area contributed by atoms with E-state index in [9.17, 15) is 43.2 Å². The number of aliphatic hydroxyl groups excluding tert-OH is 1. The lowest BCUT2D eigenvalue weighted by atomic mass is 10.00. The summed E-state index contributed by atoms with van der Waals surface area (Å²) in [5, 5.41) is 10.5. The first-order valence-electron chi connectivity index (χ1n) is 34.3. The number of hydrogen-bond donors (Lipinski definition) is 3. The van der Waals surface area contributed by atoms with E-state index in [1.807, 2.05) is 0 Å². The van der Waals surface area contributed by atoms with Gasteiger partial charge in [0.25, 0.3) is 0 Å². The summed E-state index contributed by atoms with van der Waals surface area (Å²) < 4.78 is 68.1. The van der Waals surface area contributed by atoms with Gasteiger partial charge >= 0.3 is 39.5 Å². The van der Waals surface area contributed by atoms with Gasteiger partial charge in [-0.15, -0.1) is 0 Å². The summed E-state index contributed by atoms with van der Waals surface area (Å²) >= 11 is 0. The minimum absolute atomic E-state index is 0.101. The molecule has 19 heteroatoms. The second kappa shape index (κ2) is 56.1. The normalized spacial score (nSPS) is 15.3. The van der Waals surface area contributed by atoms with Crippen molar-refractivity contribution in [3.8, 4) is 0 Å². The maximum Gasteiger partial charge on any atom is 0.472 e. The Morgan fingerprint density at radius 3 is 0.835 bits per heavy atom. The maximum absolute atomic E-state index is 13.0. The van der Waals surface area contributed by atoms with Crippen LogP contribution in [0.1, 0.15) is 319 Å². The standard InChI is InChI=1S/C66H128O17P2/c1-9-57(6)43-35-27-20-23-31-39-47-64(69)77-53-62(83-66(71)49-41-33-25-22-29-37-45-59(8)11-3)55-81-85(74,75)79-51-60(67)50-78-84(72,73)80-54-61(82-65(70)48-40-32-24-21-28-36-44-58(7)10-2)52-76-63(68)46-38-30-19-17-15-13-12-14-16-18-26-34-42-56(4)5/h56-62,67H,9-55H2,1-8H3,(H,72,73)(H,74,75)/t57?,58?,59?,60-,61-,62-/m1/s1. The van der Waals surface area contributed by atoms with Crippen molar-refractivity contribution in [2.75, 3.05) is 39.6 Å². The molecule has 0 radical (unpaired) electrons. The molecule has 0 saturated carbocycles. The highest BCUT2D eigenvalue weighted by Gasteiger charge is 2.30. The number of phosphoric ester groups is 2. The maximum atomic E-state index is 13.0. The van der Waals surface area contributed by atoms with Crippen LogP contribution < -0.4 is 0 Å². The highest BCUT2D eigenvalue weighted by atomic mass is 31.2. The number of carbonyl (C=O) groups excluding carboxylic acids is 4. The second-order valence-corrected chi connectivity index (χ2v) is 28.0. The molecule has 0 amide bonds. The van der Waals surface area contributed by atoms with Gasteiger partial charge in [0.15, 0.2) is 12.2 Å².